The predicted molar refractivity (Wildman–Crippen MR) is 56.0 cm³/mol. The average Bonchev–Trinajstić information content (AvgIpc) is 2.18. The lowest BCUT2D eigenvalue weighted by Gasteiger charge is -2.36. The van der Waals surface area contributed by atoms with E-state index in [4.69, 9.17) is 10.1 Å². The van der Waals surface area contributed by atoms with E-state index < -0.39 is 5.60 Å². The molecule has 0 aromatic carbocycles. The van der Waals surface area contributed by atoms with Gasteiger partial charge >= 0.3 is 0 Å². The molecule has 0 amide bonds. The van der Waals surface area contributed by atoms with Crippen molar-refractivity contribution in [2.24, 2.45) is 0 Å². The van der Waals surface area contributed by atoms with Crippen LogP contribution in [0.4, 0.5) is 0 Å². The second-order valence-electron chi connectivity index (χ2n) is 3.71. The lowest BCUT2D eigenvalue weighted by molar-refractivity contribution is -0.184. The van der Waals surface area contributed by atoms with Crippen molar-refractivity contribution in [2.45, 2.75) is 12.5 Å². The number of hydrogen-bond acceptors (Lipinski definition) is 3. The molecule has 0 atom stereocenters. The van der Waals surface area contributed by atoms with Crippen LogP contribution in [0.2, 0.25) is 0 Å². The maximum atomic E-state index is 9.99. The molecule has 1 aliphatic rings. The van der Waals surface area contributed by atoms with E-state index in [-0.39, 0.29) is 0 Å². The van der Waals surface area contributed by atoms with Gasteiger partial charge in [0.1, 0.15) is 11.1 Å². The van der Waals surface area contributed by atoms with Crippen LogP contribution in [0.3, 0.4) is 0 Å². The third-order valence-electron chi connectivity index (χ3n) is 2.51. The summed E-state index contributed by atoms with van der Waals surface area (Å²) in [5.41, 5.74) is 0.218. The van der Waals surface area contributed by atoms with Gasteiger partial charge in [-0.3, -0.25) is 5.41 Å². The maximum Gasteiger partial charge on any atom is 0.136 e. The summed E-state index contributed by atoms with van der Waals surface area (Å²) in [6.45, 7) is 2.54. The van der Waals surface area contributed by atoms with E-state index in [0.717, 1.165) is 5.56 Å². The van der Waals surface area contributed by atoms with E-state index in [0.29, 0.717) is 18.7 Å². The Hall–Kier alpha value is -1.39. The molecule has 0 aliphatic carbocycles. The molecule has 0 saturated carbocycles. The van der Waals surface area contributed by atoms with E-state index in [2.05, 4.69) is 0 Å². The van der Waals surface area contributed by atoms with Gasteiger partial charge < -0.3 is 14.4 Å². The summed E-state index contributed by atoms with van der Waals surface area (Å²) in [5.74, 6) is 0. The normalized spacial score (nSPS) is 19.1. The van der Waals surface area contributed by atoms with Crippen molar-refractivity contribution < 1.29 is 9.84 Å². The second-order valence-corrected chi connectivity index (χ2v) is 3.71. The van der Waals surface area contributed by atoms with Crippen LogP contribution in [-0.4, -0.2) is 22.9 Å². The minimum absolute atomic E-state index is 0.320. The number of nitrogens with one attached hydrogen (secondary N) is 1. The third kappa shape index (κ3) is 1.73. The van der Waals surface area contributed by atoms with Crippen LogP contribution < -0.4 is 5.49 Å². The summed E-state index contributed by atoms with van der Waals surface area (Å²) >= 11 is 0. The molecule has 4 nitrogen and oxygen atoms in total. The Balaban J connectivity index is 2.37. The van der Waals surface area contributed by atoms with E-state index in [9.17, 15) is 5.11 Å². The van der Waals surface area contributed by atoms with Gasteiger partial charge in [-0.25, -0.2) is 0 Å². The molecule has 4 heteroatoms. The highest BCUT2D eigenvalue weighted by atomic mass is 16.5. The average molecular weight is 206 g/mol. The molecule has 0 unspecified atom stereocenters. The topological polar surface area (TPSA) is 58.2 Å². The number of aliphatic hydroxyl groups is 1. The fourth-order valence-electron chi connectivity index (χ4n) is 1.55. The van der Waals surface area contributed by atoms with Crippen molar-refractivity contribution in [3.63, 3.8) is 0 Å². The molecule has 0 bridgehead atoms. The zero-order valence-electron chi connectivity index (χ0n) is 8.60. The fourth-order valence-corrected chi connectivity index (χ4v) is 1.55. The Morgan fingerprint density at radius 2 is 2.33 bits per heavy atom. The maximum absolute atomic E-state index is 9.99. The van der Waals surface area contributed by atoms with Gasteiger partial charge in [-0.15, -0.1) is 0 Å². The van der Waals surface area contributed by atoms with E-state index in [1.54, 1.807) is 23.0 Å². The second kappa shape index (κ2) is 3.64. The SMILES string of the molecule is C/C=C\n1ccc(C2(O)COC2)cc1=N. The number of aromatic nitrogens is 1. The summed E-state index contributed by atoms with van der Waals surface area (Å²) in [5, 5.41) is 17.7. The van der Waals surface area contributed by atoms with E-state index in [1.807, 2.05) is 19.1 Å². The Labute approximate surface area is 87.9 Å². The standard InChI is InChI=1S/C11H14N2O2/c1-2-4-13-5-3-9(6-10(13)12)11(14)7-15-8-11/h2-6,12,14H,7-8H2,1H3/b4-2-,12-10?. The monoisotopic (exact) mass is 206 g/mol. The number of rotatable bonds is 2. The van der Waals surface area contributed by atoms with Gasteiger partial charge in [0.25, 0.3) is 0 Å². The number of pyridine rings is 1. The zero-order valence-corrected chi connectivity index (χ0v) is 8.60. The van der Waals surface area contributed by atoms with Crippen molar-refractivity contribution in [2.75, 3.05) is 13.2 Å². The number of hydrogen-bond donors (Lipinski definition) is 2. The largest absolute Gasteiger partial charge is 0.380 e. The van der Waals surface area contributed by atoms with Gasteiger partial charge in [0.15, 0.2) is 0 Å². The van der Waals surface area contributed by atoms with Crippen LogP contribution in [0, 0.1) is 5.41 Å². The van der Waals surface area contributed by atoms with Crippen LogP contribution in [0.15, 0.2) is 24.4 Å². The van der Waals surface area contributed by atoms with Crippen LogP contribution in [0.25, 0.3) is 6.20 Å². The molecule has 2 heterocycles. The molecule has 0 spiro atoms. The highest BCUT2D eigenvalue weighted by Crippen LogP contribution is 2.27. The summed E-state index contributed by atoms with van der Waals surface area (Å²) in [7, 11) is 0. The van der Waals surface area contributed by atoms with E-state index in [1.165, 1.54) is 0 Å². The molecule has 0 radical (unpaired) electrons. The lowest BCUT2D eigenvalue weighted by Crippen LogP contribution is -2.47. The first kappa shape index (κ1) is 10.1. The molecule has 1 aromatic rings. The van der Waals surface area contributed by atoms with Gasteiger partial charge in [-0.1, -0.05) is 6.08 Å². The van der Waals surface area contributed by atoms with E-state index >= 15 is 0 Å². The van der Waals surface area contributed by atoms with Crippen LogP contribution >= 0.6 is 0 Å². The molecule has 2 rings (SSSR count). The number of ether oxygens (including phenoxy) is 1. The predicted octanol–water partition coefficient (Wildman–Crippen LogP) is 0.676. The fraction of sp³-hybridized carbons (Fsp3) is 0.364. The quantitative estimate of drug-likeness (QED) is 0.747. The van der Waals surface area contributed by atoms with Crippen molar-refractivity contribution in [1.82, 2.24) is 4.57 Å². The Kier molecular flexibility index (Phi) is 2.46. The minimum Gasteiger partial charge on any atom is -0.380 e. The van der Waals surface area contributed by atoms with Gasteiger partial charge in [0.05, 0.1) is 13.2 Å². The smallest absolute Gasteiger partial charge is 0.136 e. The van der Waals surface area contributed by atoms with Crippen molar-refractivity contribution in [3.8, 4) is 0 Å². The molecule has 1 fully saturated rings. The van der Waals surface area contributed by atoms with Crippen LogP contribution in [0.1, 0.15) is 12.5 Å². The molecule has 15 heavy (non-hydrogen) atoms. The molecule has 80 valence electrons. The van der Waals surface area contributed by atoms with Crippen LogP contribution in [0.5, 0.6) is 0 Å². The van der Waals surface area contributed by atoms with Gasteiger partial charge in [0, 0.05) is 12.4 Å². The highest BCUT2D eigenvalue weighted by Gasteiger charge is 2.37. The summed E-state index contributed by atoms with van der Waals surface area (Å²) < 4.78 is 6.66. The molecular formula is C11H14N2O2. The Bertz CT molecular complexity index is 444. The van der Waals surface area contributed by atoms with Gasteiger partial charge in [0.2, 0.25) is 0 Å². The zero-order chi connectivity index (χ0) is 10.9. The molecule has 1 aromatic heterocycles. The third-order valence-corrected chi connectivity index (χ3v) is 2.51. The van der Waals surface area contributed by atoms with Gasteiger partial charge in [-0.2, -0.15) is 0 Å². The first-order valence-electron chi connectivity index (χ1n) is 4.86. The number of nitrogens with zero attached hydrogens (tertiary/aromatic N) is 1. The Morgan fingerprint density at radius 3 is 2.80 bits per heavy atom. The van der Waals surface area contributed by atoms with Crippen molar-refractivity contribution in [1.29, 1.82) is 5.41 Å². The lowest BCUT2D eigenvalue weighted by atomic mass is 9.93. The molecule has 1 aliphatic heterocycles. The van der Waals surface area contributed by atoms with Crippen molar-refractivity contribution in [3.05, 3.63) is 35.5 Å². The summed E-state index contributed by atoms with van der Waals surface area (Å²) in [4.78, 5) is 0. The van der Waals surface area contributed by atoms with Crippen LogP contribution in [-0.2, 0) is 10.3 Å². The number of allylic oxidation sites excluding steroid dienone is 1. The first-order chi connectivity index (χ1) is 7.15. The molecule has 2 N–H and O–H groups in total. The summed E-state index contributed by atoms with van der Waals surface area (Å²) in [6, 6.07) is 3.49. The molecular weight excluding hydrogens is 192 g/mol. The Morgan fingerprint density at radius 1 is 1.60 bits per heavy atom. The van der Waals surface area contributed by atoms with Gasteiger partial charge in [-0.05, 0) is 24.6 Å². The molecule has 1 saturated heterocycles. The highest BCUT2D eigenvalue weighted by molar-refractivity contribution is 5.27. The summed E-state index contributed by atoms with van der Waals surface area (Å²) in [6.07, 6.45) is 5.43. The van der Waals surface area contributed by atoms with Crippen molar-refractivity contribution >= 4 is 6.20 Å². The minimum atomic E-state index is -0.884. The first-order valence-corrected chi connectivity index (χ1v) is 4.86.